The Kier molecular flexibility index (Phi) is 4.82. The Labute approximate surface area is 175 Å². The molecule has 1 atom stereocenters. The Balaban J connectivity index is 1.28. The summed E-state index contributed by atoms with van der Waals surface area (Å²) in [5.41, 5.74) is 4.65. The van der Waals surface area contributed by atoms with Crippen LogP contribution in [0, 0.1) is 11.3 Å². The molecule has 150 valence electrons. The van der Waals surface area contributed by atoms with Crippen molar-refractivity contribution in [2.24, 2.45) is 0 Å². The number of anilines is 1. The number of aromatic amines is 1. The molecule has 0 amide bonds. The third-order valence-electron chi connectivity index (χ3n) is 6.21. The largest absolute Gasteiger partial charge is 0.369 e. The highest BCUT2D eigenvalue weighted by Gasteiger charge is 2.27. The summed E-state index contributed by atoms with van der Waals surface area (Å²) < 4.78 is 0. The van der Waals surface area contributed by atoms with Crippen LogP contribution in [0.2, 0.25) is 0 Å². The van der Waals surface area contributed by atoms with E-state index in [0.29, 0.717) is 17.0 Å². The molecule has 1 aliphatic carbocycles. The number of allylic oxidation sites excluding steroid dienone is 1. The van der Waals surface area contributed by atoms with Gasteiger partial charge in [-0.25, -0.2) is 0 Å². The molecule has 1 saturated heterocycles. The topological polar surface area (TPSA) is 76.0 Å². The van der Waals surface area contributed by atoms with Gasteiger partial charge in [-0.1, -0.05) is 6.08 Å². The monoisotopic (exact) mass is 397 g/mol. The number of nitrogens with one attached hydrogen (secondary N) is 1. The van der Waals surface area contributed by atoms with E-state index in [2.05, 4.69) is 31.9 Å². The van der Waals surface area contributed by atoms with Crippen LogP contribution in [-0.2, 0) is 0 Å². The lowest BCUT2D eigenvalue weighted by Gasteiger charge is -2.38. The molecule has 0 spiro atoms. The first-order chi connectivity index (χ1) is 14.7. The van der Waals surface area contributed by atoms with Crippen molar-refractivity contribution in [3.8, 4) is 6.07 Å². The van der Waals surface area contributed by atoms with Crippen molar-refractivity contribution in [2.45, 2.75) is 18.9 Å². The lowest BCUT2D eigenvalue weighted by atomic mass is 10.1. The van der Waals surface area contributed by atoms with E-state index >= 15 is 0 Å². The maximum atomic E-state index is 12.4. The van der Waals surface area contributed by atoms with Crippen LogP contribution in [0.5, 0.6) is 0 Å². The molecule has 1 aliphatic heterocycles. The molecule has 1 aromatic carbocycles. The van der Waals surface area contributed by atoms with Crippen LogP contribution in [0.1, 0.15) is 24.1 Å². The predicted molar refractivity (Wildman–Crippen MR) is 118 cm³/mol. The first-order valence-electron chi connectivity index (χ1n) is 10.4. The molecule has 3 heterocycles. The summed E-state index contributed by atoms with van der Waals surface area (Å²) in [5.74, 6) is 0. The van der Waals surface area contributed by atoms with Crippen molar-refractivity contribution in [2.75, 3.05) is 31.1 Å². The average Bonchev–Trinajstić information content (AvgIpc) is 3.30. The smallest absolute Gasteiger partial charge is 0.257 e. The van der Waals surface area contributed by atoms with Gasteiger partial charge in [-0.05, 0) is 60.9 Å². The first kappa shape index (κ1) is 18.6. The van der Waals surface area contributed by atoms with Crippen LogP contribution in [-0.4, -0.2) is 47.1 Å². The molecule has 2 aromatic heterocycles. The number of H-pyrrole nitrogens is 1. The lowest BCUT2D eigenvalue weighted by Crippen LogP contribution is -2.49. The number of aromatic nitrogens is 2. The summed E-state index contributed by atoms with van der Waals surface area (Å²) >= 11 is 0. The van der Waals surface area contributed by atoms with E-state index in [9.17, 15) is 4.79 Å². The lowest BCUT2D eigenvalue weighted by molar-refractivity contribution is 0.214. The van der Waals surface area contributed by atoms with E-state index in [1.807, 2.05) is 36.4 Å². The second kappa shape index (κ2) is 7.77. The van der Waals surface area contributed by atoms with Crippen molar-refractivity contribution in [1.82, 2.24) is 14.9 Å². The second-order valence-electron chi connectivity index (χ2n) is 7.93. The number of benzene rings is 1. The molecule has 30 heavy (non-hydrogen) atoms. The van der Waals surface area contributed by atoms with E-state index in [1.165, 1.54) is 11.3 Å². The van der Waals surface area contributed by atoms with Gasteiger partial charge in [0.2, 0.25) is 0 Å². The van der Waals surface area contributed by atoms with Crippen LogP contribution < -0.4 is 10.5 Å². The SMILES string of the molecule is N#Cc1ccc(N2CCN([C@@H]3C=C(c4cc5ncccc5c(=O)[nH]4)CC3)CC2)cc1. The quantitative estimate of drug-likeness (QED) is 0.735. The highest BCUT2D eigenvalue weighted by molar-refractivity contribution is 5.81. The van der Waals surface area contributed by atoms with Crippen LogP contribution in [0.4, 0.5) is 5.69 Å². The molecular formula is C24H23N5O. The van der Waals surface area contributed by atoms with E-state index in [1.54, 1.807) is 12.3 Å². The van der Waals surface area contributed by atoms with Gasteiger partial charge >= 0.3 is 0 Å². The van der Waals surface area contributed by atoms with Gasteiger partial charge in [-0.2, -0.15) is 5.26 Å². The van der Waals surface area contributed by atoms with E-state index in [4.69, 9.17) is 5.26 Å². The number of nitrogens with zero attached hydrogens (tertiary/aromatic N) is 4. The number of rotatable bonds is 3. The van der Waals surface area contributed by atoms with Gasteiger partial charge in [-0.15, -0.1) is 0 Å². The molecule has 3 aromatic rings. The summed E-state index contributed by atoms with van der Waals surface area (Å²) in [5, 5.41) is 9.60. The summed E-state index contributed by atoms with van der Waals surface area (Å²) in [6, 6.07) is 16.0. The fraction of sp³-hybridized carbons (Fsp3) is 0.292. The van der Waals surface area contributed by atoms with Crippen molar-refractivity contribution in [3.05, 3.63) is 76.3 Å². The number of hydrogen-bond donors (Lipinski definition) is 1. The third kappa shape index (κ3) is 3.49. The maximum Gasteiger partial charge on any atom is 0.257 e. The van der Waals surface area contributed by atoms with Crippen LogP contribution in [0.25, 0.3) is 16.5 Å². The van der Waals surface area contributed by atoms with Gasteiger partial charge in [0.15, 0.2) is 0 Å². The summed E-state index contributed by atoms with van der Waals surface area (Å²) in [6.45, 7) is 3.96. The molecule has 6 nitrogen and oxygen atoms in total. The minimum Gasteiger partial charge on any atom is -0.369 e. The van der Waals surface area contributed by atoms with Crippen LogP contribution >= 0.6 is 0 Å². The van der Waals surface area contributed by atoms with Gasteiger partial charge in [0.25, 0.3) is 5.56 Å². The van der Waals surface area contributed by atoms with E-state index in [0.717, 1.165) is 50.2 Å². The Hall–Kier alpha value is -3.43. The van der Waals surface area contributed by atoms with E-state index < -0.39 is 0 Å². The highest BCUT2D eigenvalue weighted by Crippen LogP contribution is 2.31. The maximum absolute atomic E-state index is 12.4. The predicted octanol–water partition coefficient (Wildman–Crippen LogP) is 3.16. The molecule has 0 bridgehead atoms. The molecule has 0 unspecified atom stereocenters. The fourth-order valence-electron chi connectivity index (χ4n) is 4.53. The van der Waals surface area contributed by atoms with Gasteiger partial charge in [0, 0.05) is 49.8 Å². The van der Waals surface area contributed by atoms with Crippen LogP contribution in [0.15, 0.2) is 59.5 Å². The Morgan fingerprint density at radius 2 is 1.90 bits per heavy atom. The minimum atomic E-state index is -0.0732. The fourth-order valence-corrected chi connectivity index (χ4v) is 4.53. The Morgan fingerprint density at radius 1 is 1.10 bits per heavy atom. The van der Waals surface area contributed by atoms with Gasteiger partial charge in [-0.3, -0.25) is 14.7 Å². The number of pyridine rings is 2. The molecule has 1 fully saturated rings. The summed E-state index contributed by atoms with van der Waals surface area (Å²) in [6.07, 6.45) is 6.09. The van der Waals surface area contributed by atoms with Gasteiger partial charge in [0.1, 0.15) is 0 Å². The summed E-state index contributed by atoms with van der Waals surface area (Å²) in [4.78, 5) is 24.7. The number of piperazine rings is 1. The number of fused-ring (bicyclic) bond motifs is 1. The normalized spacial score (nSPS) is 19.6. The number of nitriles is 1. The molecule has 0 radical (unpaired) electrons. The molecule has 2 aliphatic rings. The zero-order chi connectivity index (χ0) is 20.5. The third-order valence-corrected chi connectivity index (χ3v) is 6.21. The zero-order valence-electron chi connectivity index (χ0n) is 16.7. The van der Waals surface area contributed by atoms with Crippen molar-refractivity contribution < 1.29 is 0 Å². The Morgan fingerprint density at radius 3 is 2.67 bits per heavy atom. The molecule has 5 rings (SSSR count). The minimum absolute atomic E-state index is 0.0732. The molecular weight excluding hydrogens is 374 g/mol. The zero-order valence-corrected chi connectivity index (χ0v) is 16.7. The standard InChI is InChI=1S/C24H23N5O/c25-16-17-3-6-19(7-4-17)28-10-12-29(13-11-28)20-8-5-18(14-20)22-15-23-21(24(30)27-22)2-1-9-26-23/h1-4,6-7,9,14-15,20H,5,8,10-13H2,(H,27,30)/t20-/m0/s1. The first-order valence-corrected chi connectivity index (χ1v) is 10.4. The highest BCUT2D eigenvalue weighted by atomic mass is 16.1. The van der Waals surface area contributed by atoms with Gasteiger partial charge < -0.3 is 9.88 Å². The molecule has 0 saturated carbocycles. The van der Waals surface area contributed by atoms with Crippen molar-refractivity contribution in [1.29, 1.82) is 5.26 Å². The van der Waals surface area contributed by atoms with Crippen molar-refractivity contribution in [3.63, 3.8) is 0 Å². The Bertz CT molecular complexity index is 1200. The van der Waals surface area contributed by atoms with Crippen LogP contribution in [0.3, 0.4) is 0 Å². The molecule has 1 N–H and O–H groups in total. The van der Waals surface area contributed by atoms with E-state index in [-0.39, 0.29) is 5.56 Å². The average molecular weight is 397 g/mol. The second-order valence-corrected chi connectivity index (χ2v) is 7.93. The molecule has 6 heteroatoms. The summed E-state index contributed by atoms with van der Waals surface area (Å²) in [7, 11) is 0. The number of hydrogen-bond acceptors (Lipinski definition) is 5. The van der Waals surface area contributed by atoms with Gasteiger partial charge in [0.05, 0.1) is 22.5 Å². The van der Waals surface area contributed by atoms with Crippen molar-refractivity contribution >= 4 is 22.2 Å².